The molecule has 0 bridgehead atoms. The van der Waals surface area contributed by atoms with E-state index in [1.165, 1.54) is 0 Å². The van der Waals surface area contributed by atoms with E-state index in [1.54, 1.807) is 24.4 Å². The van der Waals surface area contributed by atoms with Crippen LogP contribution in [0.5, 0.6) is 0 Å². The molecule has 1 aromatic carbocycles. The Bertz CT molecular complexity index is 735. The molecule has 1 amide bonds. The van der Waals surface area contributed by atoms with Crippen LogP contribution < -0.4 is 11.1 Å². The van der Waals surface area contributed by atoms with Crippen LogP contribution in [0.4, 0.5) is 0 Å². The number of nitrogens with one attached hydrogen (secondary N) is 1. The average Bonchev–Trinajstić information content (AvgIpc) is 3.29. The molecule has 2 aromatic rings. The fourth-order valence-corrected chi connectivity index (χ4v) is 3.11. The number of oxazole rings is 1. The van der Waals surface area contributed by atoms with Crippen molar-refractivity contribution in [3.05, 3.63) is 40.3 Å². The number of benzene rings is 1. The third kappa shape index (κ3) is 6.03. The lowest BCUT2D eigenvalue weighted by atomic mass is 10.1. The highest BCUT2D eigenvalue weighted by atomic mass is 35.5. The maximum atomic E-state index is 12.0. The lowest BCUT2D eigenvalue weighted by Crippen LogP contribution is -2.41. The van der Waals surface area contributed by atoms with E-state index in [0.717, 1.165) is 18.4 Å². The monoisotopic (exact) mass is 439 g/mol. The van der Waals surface area contributed by atoms with Gasteiger partial charge in [0.1, 0.15) is 0 Å². The van der Waals surface area contributed by atoms with Crippen LogP contribution in [0.25, 0.3) is 11.3 Å². The Hall–Kier alpha value is -0.980. The third-order valence-electron chi connectivity index (χ3n) is 4.11. The van der Waals surface area contributed by atoms with Gasteiger partial charge in [-0.2, -0.15) is 0 Å². The summed E-state index contributed by atoms with van der Waals surface area (Å²) in [5.41, 5.74) is 6.42. The molecule has 1 atom stereocenters. The van der Waals surface area contributed by atoms with Gasteiger partial charge in [-0.25, -0.2) is 4.98 Å². The molecule has 3 N–H and O–H groups in total. The number of hydrogen-bond acceptors (Lipinski definition) is 4. The van der Waals surface area contributed by atoms with Gasteiger partial charge in [0.15, 0.2) is 11.7 Å². The number of rotatable bonds is 7. The molecule has 26 heavy (non-hydrogen) atoms. The smallest absolute Gasteiger partial charge is 0.220 e. The second-order valence-electron chi connectivity index (χ2n) is 5.99. The lowest BCUT2D eigenvalue weighted by Gasteiger charge is -2.15. The number of carbonyl (C=O) groups excluding carboxylic acids is 1. The van der Waals surface area contributed by atoms with Crippen molar-refractivity contribution in [3.8, 4) is 11.3 Å². The van der Waals surface area contributed by atoms with Crippen molar-refractivity contribution >= 4 is 53.9 Å². The van der Waals surface area contributed by atoms with Gasteiger partial charge in [0.25, 0.3) is 0 Å². The van der Waals surface area contributed by atoms with Crippen LogP contribution in [-0.2, 0) is 11.2 Å². The Labute approximate surface area is 174 Å². The second kappa shape index (κ2) is 10.4. The first-order valence-corrected chi connectivity index (χ1v) is 8.72. The first-order chi connectivity index (χ1) is 11.6. The summed E-state index contributed by atoms with van der Waals surface area (Å²) in [7, 11) is 0. The molecule has 1 aliphatic carbocycles. The number of aromatic nitrogens is 1. The normalized spacial score (nSPS) is 14.1. The van der Waals surface area contributed by atoms with E-state index in [-0.39, 0.29) is 36.8 Å². The fraction of sp³-hybridized carbons (Fsp3) is 0.412. The zero-order valence-corrected chi connectivity index (χ0v) is 17.1. The van der Waals surface area contributed by atoms with E-state index in [2.05, 4.69) is 10.3 Å². The summed E-state index contributed by atoms with van der Waals surface area (Å²) in [6.45, 7) is 0.481. The predicted molar refractivity (Wildman–Crippen MR) is 108 cm³/mol. The van der Waals surface area contributed by atoms with Crippen molar-refractivity contribution in [2.45, 2.75) is 31.7 Å². The van der Waals surface area contributed by atoms with Gasteiger partial charge in [-0.05, 0) is 37.0 Å². The van der Waals surface area contributed by atoms with E-state index in [0.29, 0.717) is 47.0 Å². The second-order valence-corrected chi connectivity index (χ2v) is 6.83. The maximum Gasteiger partial charge on any atom is 0.220 e. The lowest BCUT2D eigenvalue weighted by molar-refractivity contribution is -0.121. The molecule has 1 unspecified atom stereocenters. The highest BCUT2D eigenvalue weighted by molar-refractivity contribution is 6.36. The standard InChI is InChI=1S/C17H19Cl2N3O2.2ClH/c18-11-3-4-12(13(19)7-11)15-9-21-17(24-15)6-5-16(23)22-14(8-20)10-1-2-10;;/h3-4,7,9-10,14H,1-2,5-6,8,20H2,(H,22,23);2*1H. The van der Waals surface area contributed by atoms with Crippen LogP contribution >= 0.6 is 48.0 Å². The van der Waals surface area contributed by atoms with Gasteiger partial charge in [-0.1, -0.05) is 23.2 Å². The van der Waals surface area contributed by atoms with Crippen LogP contribution in [-0.4, -0.2) is 23.5 Å². The molecule has 1 saturated carbocycles. The van der Waals surface area contributed by atoms with Crippen molar-refractivity contribution in [2.75, 3.05) is 6.54 Å². The summed E-state index contributed by atoms with van der Waals surface area (Å²) in [4.78, 5) is 16.2. The minimum absolute atomic E-state index is 0. The van der Waals surface area contributed by atoms with Crippen LogP contribution in [0.2, 0.25) is 10.0 Å². The van der Waals surface area contributed by atoms with E-state index >= 15 is 0 Å². The molecular formula is C17H21Cl4N3O2. The zero-order chi connectivity index (χ0) is 17.1. The number of carbonyl (C=O) groups is 1. The van der Waals surface area contributed by atoms with Crippen LogP contribution in [0.15, 0.2) is 28.8 Å². The summed E-state index contributed by atoms with van der Waals surface area (Å²) < 4.78 is 5.69. The number of aryl methyl sites for hydroxylation is 1. The highest BCUT2D eigenvalue weighted by Gasteiger charge is 2.31. The van der Waals surface area contributed by atoms with Gasteiger partial charge in [-0.3, -0.25) is 4.79 Å². The van der Waals surface area contributed by atoms with E-state index < -0.39 is 0 Å². The summed E-state index contributed by atoms with van der Waals surface area (Å²) in [6, 6.07) is 5.26. The van der Waals surface area contributed by atoms with Crippen molar-refractivity contribution in [2.24, 2.45) is 11.7 Å². The SMILES string of the molecule is Cl.Cl.NCC(NC(=O)CCc1ncc(-c2ccc(Cl)cc2Cl)o1)C1CC1. The minimum atomic E-state index is -0.0263. The molecule has 3 rings (SSSR count). The van der Waals surface area contributed by atoms with E-state index in [9.17, 15) is 4.79 Å². The Morgan fingerprint density at radius 2 is 2.08 bits per heavy atom. The molecule has 0 radical (unpaired) electrons. The molecule has 5 nitrogen and oxygen atoms in total. The molecule has 1 fully saturated rings. The predicted octanol–water partition coefficient (Wildman–Crippen LogP) is 4.28. The number of hydrogen-bond donors (Lipinski definition) is 2. The largest absolute Gasteiger partial charge is 0.441 e. The maximum absolute atomic E-state index is 12.0. The Morgan fingerprint density at radius 1 is 1.35 bits per heavy atom. The molecule has 144 valence electrons. The third-order valence-corrected chi connectivity index (χ3v) is 4.66. The highest BCUT2D eigenvalue weighted by Crippen LogP contribution is 2.32. The molecule has 9 heteroatoms. The van der Waals surface area contributed by atoms with Crippen molar-refractivity contribution in [1.29, 1.82) is 0 Å². The van der Waals surface area contributed by atoms with Gasteiger partial charge in [0, 0.05) is 36.0 Å². The van der Waals surface area contributed by atoms with Crippen molar-refractivity contribution in [1.82, 2.24) is 10.3 Å². The Balaban J connectivity index is 0.00000169. The first kappa shape index (κ1) is 23.1. The van der Waals surface area contributed by atoms with Crippen LogP contribution in [0.3, 0.4) is 0 Å². The minimum Gasteiger partial charge on any atom is -0.441 e. The summed E-state index contributed by atoms with van der Waals surface area (Å²) >= 11 is 12.1. The number of amides is 1. The van der Waals surface area contributed by atoms with E-state index in [4.69, 9.17) is 33.4 Å². The molecule has 0 saturated heterocycles. The van der Waals surface area contributed by atoms with Gasteiger partial charge in [0.2, 0.25) is 5.91 Å². The van der Waals surface area contributed by atoms with Crippen LogP contribution in [0.1, 0.15) is 25.2 Å². The van der Waals surface area contributed by atoms with Crippen molar-refractivity contribution in [3.63, 3.8) is 0 Å². The topological polar surface area (TPSA) is 81.1 Å². The van der Waals surface area contributed by atoms with Gasteiger partial charge in [-0.15, -0.1) is 24.8 Å². The molecule has 0 spiro atoms. The molecule has 1 aromatic heterocycles. The Morgan fingerprint density at radius 3 is 2.69 bits per heavy atom. The molecular weight excluding hydrogens is 420 g/mol. The summed E-state index contributed by atoms with van der Waals surface area (Å²) in [5.74, 6) is 1.58. The molecule has 1 heterocycles. The summed E-state index contributed by atoms with van der Waals surface area (Å²) in [5, 5.41) is 4.04. The first-order valence-electron chi connectivity index (χ1n) is 7.96. The van der Waals surface area contributed by atoms with E-state index in [1.807, 2.05) is 0 Å². The number of nitrogens with zero attached hydrogens (tertiary/aromatic N) is 1. The quantitative estimate of drug-likeness (QED) is 0.673. The Kier molecular flexibility index (Phi) is 9.21. The number of nitrogens with two attached hydrogens (primary N) is 1. The number of halogens is 4. The van der Waals surface area contributed by atoms with Crippen LogP contribution in [0, 0.1) is 5.92 Å². The zero-order valence-electron chi connectivity index (χ0n) is 13.9. The summed E-state index contributed by atoms with van der Waals surface area (Å²) in [6.07, 6.45) is 4.64. The van der Waals surface area contributed by atoms with Gasteiger partial charge in [0.05, 0.1) is 11.2 Å². The molecule has 0 aliphatic heterocycles. The fourth-order valence-electron chi connectivity index (χ4n) is 2.61. The average molecular weight is 441 g/mol. The van der Waals surface area contributed by atoms with Gasteiger partial charge >= 0.3 is 0 Å². The van der Waals surface area contributed by atoms with Gasteiger partial charge < -0.3 is 15.5 Å². The molecule has 1 aliphatic rings. The van der Waals surface area contributed by atoms with Crippen molar-refractivity contribution < 1.29 is 9.21 Å².